The number of alkyl carbamates (subject to hydrolysis) is 1. The molecule has 10 heteroatoms. The Balaban J connectivity index is 2.75. The summed E-state index contributed by atoms with van der Waals surface area (Å²) in [7, 11) is 0. The largest absolute Gasteiger partial charge is 0.458 e. The molecule has 0 heterocycles. The number of hydrogen-bond donors (Lipinski definition) is 2. The van der Waals surface area contributed by atoms with E-state index < -0.39 is 40.1 Å². The van der Waals surface area contributed by atoms with E-state index in [1.54, 1.807) is 41.5 Å². The fourth-order valence-electron chi connectivity index (χ4n) is 2.41. The number of esters is 1. The Morgan fingerprint density at radius 2 is 1.55 bits per heavy atom. The molecular weight excluding hydrogens is 406 g/mol. The van der Waals surface area contributed by atoms with Gasteiger partial charge in [0.15, 0.2) is 0 Å². The summed E-state index contributed by atoms with van der Waals surface area (Å²) in [4.78, 5) is 47.0. The average Bonchev–Trinajstić information content (AvgIpc) is 2.61. The Morgan fingerprint density at radius 1 is 1.00 bits per heavy atom. The molecule has 0 spiro atoms. The van der Waals surface area contributed by atoms with Gasteiger partial charge in [-0.05, 0) is 66.5 Å². The van der Waals surface area contributed by atoms with Crippen LogP contribution in [0.3, 0.4) is 0 Å². The lowest BCUT2D eigenvalue weighted by Gasteiger charge is -2.25. The second kappa shape index (κ2) is 10.7. The number of rotatable bonds is 8. The molecule has 0 aliphatic heterocycles. The van der Waals surface area contributed by atoms with Crippen molar-refractivity contribution in [2.75, 3.05) is 6.54 Å². The van der Waals surface area contributed by atoms with Crippen LogP contribution in [0.4, 0.5) is 10.5 Å². The number of nitrogens with one attached hydrogen (secondary N) is 2. The Bertz CT molecular complexity index is 793. The smallest absolute Gasteiger partial charge is 0.407 e. The molecule has 0 saturated heterocycles. The number of non-ortho nitro benzene ring substituents is 1. The first kappa shape index (κ1) is 25.9. The maximum Gasteiger partial charge on any atom is 0.407 e. The molecule has 1 aromatic carbocycles. The molecule has 0 fully saturated rings. The number of nitrogens with zero attached hydrogens (tertiary/aromatic N) is 1. The summed E-state index contributed by atoms with van der Waals surface area (Å²) in [6.45, 7) is 10.6. The van der Waals surface area contributed by atoms with Crippen molar-refractivity contribution < 1.29 is 28.8 Å². The standard InChI is InChI=1S/C21H31N3O7/c1-20(2,3)30-18(26)16(8-7-13-22-19(27)31-21(4,5)6)23-17(25)14-9-11-15(12-10-14)24(28)29/h9-12,16H,7-8,13H2,1-6H3,(H,22,27)(H,23,25)/t16-/m0/s1. The third kappa shape index (κ3) is 10.4. The fraction of sp³-hybridized carbons (Fsp3) is 0.571. The van der Waals surface area contributed by atoms with E-state index in [9.17, 15) is 24.5 Å². The van der Waals surface area contributed by atoms with Gasteiger partial charge in [-0.2, -0.15) is 0 Å². The topological polar surface area (TPSA) is 137 Å². The molecule has 2 N–H and O–H groups in total. The molecule has 2 amide bonds. The minimum Gasteiger partial charge on any atom is -0.458 e. The molecule has 172 valence electrons. The van der Waals surface area contributed by atoms with Gasteiger partial charge in [0.1, 0.15) is 17.2 Å². The first-order valence-electron chi connectivity index (χ1n) is 9.93. The first-order valence-corrected chi connectivity index (χ1v) is 9.93. The van der Waals surface area contributed by atoms with E-state index in [4.69, 9.17) is 9.47 Å². The maximum atomic E-state index is 12.5. The lowest BCUT2D eigenvalue weighted by atomic mass is 10.1. The number of benzene rings is 1. The molecule has 0 aliphatic carbocycles. The average molecular weight is 437 g/mol. The van der Waals surface area contributed by atoms with E-state index in [1.807, 2.05) is 0 Å². The number of hydrogen-bond acceptors (Lipinski definition) is 7. The second-order valence-corrected chi connectivity index (χ2v) is 8.93. The summed E-state index contributed by atoms with van der Waals surface area (Å²) in [5, 5.41) is 16.0. The van der Waals surface area contributed by atoms with Crippen molar-refractivity contribution >= 4 is 23.7 Å². The van der Waals surface area contributed by atoms with E-state index in [0.29, 0.717) is 6.42 Å². The predicted molar refractivity (Wildman–Crippen MR) is 114 cm³/mol. The highest BCUT2D eigenvalue weighted by atomic mass is 16.6. The van der Waals surface area contributed by atoms with Gasteiger partial charge in [-0.25, -0.2) is 9.59 Å². The van der Waals surface area contributed by atoms with Gasteiger partial charge in [-0.3, -0.25) is 14.9 Å². The first-order chi connectivity index (χ1) is 14.2. The molecule has 10 nitrogen and oxygen atoms in total. The summed E-state index contributed by atoms with van der Waals surface area (Å²) in [6, 6.07) is 4.08. The molecule has 0 bridgehead atoms. The zero-order chi connectivity index (χ0) is 23.8. The number of nitro benzene ring substituents is 1. The summed E-state index contributed by atoms with van der Waals surface area (Å²) < 4.78 is 10.5. The van der Waals surface area contributed by atoms with Crippen molar-refractivity contribution in [3.63, 3.8) is 0 Å². The quantitative estimate of drug-likeness (QED) is 0.275. The van der Waals surface area contributed by atoms with Crippen LogP contribution in [0.5, 0.6) is 0 Å². The van der Waals surface area contributed by atoms with Crippen LogP contribution in [0.2, 0.25) is 0 Å². The Hall–Kier alpha value is -3.17. The maximum absolute atomic E-state index is 12.5. The van der Waals surface area contributed by atoms with Crippen LogP contribution < -0.4 is 10.6 Å². The summed E-state index contributed by atoms with van der Waals surface area (Å²) in [5.41, 5.74) is -1.34. The molecule has 0 aromatic heterocycles. The molecular formula is C21H31N3O7. The van der Waals surface area contributed by atoms with Gasteiger partial charge in [0.2, 0.25) is 0 Å². The van der Waals surface area contributed by atoms with E-state index in [0.717, 1.165) is 0 Å². The van der Waals surface area contributed by atoms with Gasteiger partial charge >= 0.3 is 12.1 Å². The molecule has 1 atom stereocenters. The highest BCUT2D eigenvalue weighted by molar-refractivity contribution is 5.97. The van der Waals surface area contributed by atoms with E-state index in [2.05, 4.69) is 10.6 Å². The number of carbonyl (C=O) groups excluding carboxylic acids is 3. The molecule has 1 aromatic rings. The lowest BCUT2D eigenvalue weighted by molar-refractivity contribution is -0.384. The monoisotopic (exact) mass is 437 g/mol. The predicted octanol–water partition coefficient (Wildman–Crippen LogP) is 3.34. The van der Waals surface area contributed by atoms with Crippen LogP contribution >= 0.6 is 0 Å². The third-order valence-electron chi connectivity index (χ3n) is 3.67. The number of ether oxygens (including phenoxy) is 2. The number of amides is 2. The van der Waals surface area contributed by atoms with E-state index in [-0.39, 0.29) is 24.2 Å². The SMILES string of the molecule is CC(C)(C)OC(=O)NCCC[C@H](NC(=O)c1ccc([N+](=O)[O-])cc1)C(=O)OC(C)(C)C. The van der Waals surface area contributed by atoms with Gasteiger partial charge < -0.3 is 20.1 Å². The van der Waals surface area contributed by atoms with Gasteiger partial charge in [0.25, 0.3) is 11.6 Å². The van der Waals surface area contributed by atoms with Crippen LogP contribution in [0, 0.1) is 10.1 Å². The van der Waals surface area contributed by atoms with Crippen molar-refractivity contribution in [2.24, 2.45) is 0 Å². The number of nitro groups is 1. The van der Waals surface area contributed by atoms with Crippen molar-refractivity contribution in [1.82, 2.24) is 10.6 Å². The van der Waals surface area contributed by atoms with Crippen LogP contribution in [0.15, 0.2) is 24.3 Å². The van der Waals surface area contributed by atoms with Crippen LogP contribution in [0.25, 0.3) is 0 Å². The molecule has 0 unspecified atom stereocenters. The van der Waals surface area contributed by atoms with E-state index >= 15 is 0 Å². The minimum atomic E-state index is -0.956. The van der Waals surface area contributed by atoms with Crippen LogP contribution in [-0.2, 0) is 14.3 Å². The molecule has 0 aliphatic rings. The molecule has 0 saturated carbocycles. The van der Waals surface area contributed by atoms with Crippen molar-refractivity contribution in [2.45, 2.75) is 71.6 Å². The van der Waals surface area contributed by atoms with Crippen molar-refractivity contribution in [3.8, 4) is 0 Å². The fourth-order valence-corrected chi connectivity index (χ4v) is 2.41. The Kier molecular flexibility index (Phi) is 8.96. The van der Waals surface area contributed by atoms with Crippen molar-refractivity contribution in [1.29, 1.82) is 0 Å². The van der Waals surface area contributed by atoms with Crippen molar-refractivity contribution in [3.05, 3.63) is 39.9 Å². The molecule has 0 radical (unpaired) electrons. The Labute approximate surface area is 181 Å². The zero-order valence-electron chi connectivity index (χ0n) is 18.8. The number of carbonyl (C=O) groups is 3. The minimum absolute atomic E-state index is 0.145. The van der Waals surface area contributed by atoms with Gasteiger partial charge in [0.05, 0.1) is 4.92 Å². The Morgan fingerprint density at radius 3 is 2.03 bits per heavy atom. The van der Waals surface area contributed by atoms with Gasteiger partial charge in [-0.15, -0.1) is 0 Å². The van der Waals surface area contributed by atoms with Crippen LogP contribution in [0.1, 0.15) is 64.7 Å². The zero-order valence-corrected chi connectivity index (χ0v) is 18.8. The van der Waals surface area contributed by atoms with Gasteiger partial charge in [-0.1, -0.05) is 0 Å². The highest BCUT2D eigenvalue weighted by Gasteiger charge is 2.27. The second-order valence-electron chi connectivity index (χ2n) is 8.93. The highest BCUT2D eigenvalue weighted by Crippen LogP contribution is 2.14. The summed E-state index contributed by atoms with van der Waals surface area (Å²) in [5.74, 6) is -1.18. The lowest BCUT2D eigenvalue weighted by Crippen LogP contribution is -2.44. The molecule has 31 heavy (non-hydrogen) atoms. The summed E-state index contributed by atoms with van der Waals surface area (Å²) >= 11 is 0. The van der Waals surface area contributed by atoms with Gasteiger partial charge in [0, 0.05) is 24.2 Å². The third-order valence-corrected chi connectivity index (χ3v) is 3.67. The van der Waals surface area contributed by atoms with Crippen LogP contribution in [-0.4, -0.2) is 46.7 Å². The van der Waals surface area contributed by atoms with E-state index in [1.165, 1.54) is 24.3 Å². The normalized spacial score (nSPS) is 12.5. The summed E-state index contributed by atoms with van der Waals surface area (Å²) in [6.07, 6.45) is 0.0175. The molecule has 1 rings (SSSR count).